The number of hydrogen-bond acceptors (Lipinski definition) is 5. The number of benzene rings is 1. The molecule has 3 N–H and O–H groups in total. The Morgan fingerprint density at radius 2 is 1.81 bits per heavy atom. The maximum absolute atomic E-state index is 13.1. The normalized spacial score (nSPS) is 14.3. The molecular formula is C19H25F4N3O5. The largest absolute Gasteiger partial charge is 0.490 e. The van der Waals surface area contributed by atoms with Crippen LogP contribution in [0, 0.1) is 5.82 Å². The molecule has 2 amide bonds. The number of carboxylic acids is 1. The molecule has 1 heterocycles. The fraction of sp³-hybridized carbons (Fsp3) is 0.526. The Kier molecular flexibility index (Phi) is 10.7. The molecule has 0 bridgehead atoms. The first-order valence-corrected chi connectivity index (χ1v) is 9.53. The van der Waals surface area contributed by atoms with Gasteiger partial charge >= 0.3 is 18.2 Å². The van der Waals surface area contributed by atoms with Crippen molar-refractivity contribution in [2.45, 2.75) is 32.0 Å². The van der Waals surface area contributed by atoms with Crippen LogP contribution in [0.2, 0.25) is 0 Å². The van der Waals surface area contributed by atoms with E-state index >= 15 is 0 Å². The van der Waals surface area contributed by atoms with Gasteiger partial charge in [-0.3, -0.25) is 4.79 Å². The average molecular weight is 451 g/mol. The Balaban J connectivity index is 0.000000592. The van der Waals surface area contributed by atoms with E-state index in [1.54, 1.807) is 17.9 Å². The van der Waals surface area contributed by atoms with Gasteiger partial charge in [0.15, 0.2) is 0 Å². The van der Waals surface area contributed by atoms with E-state index in [0.29, 0.717) is 44.4 Å². The van der Waals surface area contributed by atoms with Crippen molar-refractivity contribution in [1.82, 2.24) is 15.5 Å². The van der Waals surface area contributed by atoms with Crippen molar-refractivity contribution in [3.05, 3.63) is 35.6 Å². The zero-order valence-electron chi connectivity index (χ0n) is 16.9. The molecule has 1 fully saturated rings. The van der Waals surface area contributed by atoms with Crippen LogP contribution in [0.5, 0.6) is 0 Å². The van der Waals surface area contributed by atoms with Crippen molar-refractivity contribution in [3.63, 3.8) is 0 Å². The second-order valence-corrected chi connectivity index (χ2v) is 6.48. The van der Waals surface area contributed by atoms with Gasteiger partial charge in [0, 0.05) is 37.8 Å². The van der Waals surface area contributed by atoms with E-state index in [9.17, 15) is 27.2 Å². The number of rotatable bonds is 6. The SMILES string of the molecule is CCOC(=O)N1CCC(NCCNC(=O)c2cccc(F)c2)CC1.O=C(O)C(F)(F)F. The number of carbonyl (C=O) groups excluding carboxylic acids is 2. The van der Waals surface area contributed by atoms with Gasteiger partial charge in [-0.05, 0) is 38.0 Å². The highest BCUT2D eigenvalue weighted by Crippen LogP contribution is 2.13. The summed E-state index contributed by atoms with van der Waals surface area (Å²) < 4.78 is 49.8. The molecule has 0 aromatic heterocycles. The highest BCUT2D eigenvalue weighted by Gasteiger charge is 2.38. The van der Waals surface area contributed by atoms with E-state index in [1.165, 1.54) is 18.2 Å². The Hall–Kier alpha value is -2.89. The monoisotopic (exact) mass is 451 g/mol. The zero-order chi connectivity index (χ0) is 23.4. The molecule has 2 rings (SSSR count). The number of piperidine rings is 1. The minimum Gasteiger partial charge on any atom is -0.475 e. The van der Waals surface area contributed by atoms with Crippen molar-refractivity contribution < 1.29 is 41.8 Å². The summed E-state index contributed by atoms with van der Waals surface area (Å²) >= 11 is 0. The molecule has 174 valence electrons. The topological polar surface area (TPSA) is 108 Å². The van der Waals surface area contributed by atoms with Crippen molar-refractivity contribution in [2.24, 2.45) is 0 Å². The Labute approximate surface area is 176 Å². The maximum Gasteiger partial charge on any atom is 0.490 e. The van der Waals surface area contributed by atoms with E-state index in [0.717, 1.165) is 12.8 Å². The lowest BCUT2D eigenvalue weighted by Crippen LogP contribution is -2.46. The highest BCUT2D eigenvalue weighted by molar-refractivity contribution is 5.94. The number of carboxylic acid groups (broad SMARTS) is 1. The second-order valence-electron chi connectivity index (χ2n) is 6.48. The number of alkyl halides is 3. The molecule has 12 heteroatoms. The maximum atomic E-state index is 13.1. The lowest BCUT2D eigenvalue weighted by atomic mass is 10.1. The summed E-state index contributed by atoms with van der Waals surface area (Å²) in [6, 6.07) is 5.94. The number of halogens is 4. The van der Waals surface area contributed by atoms with Crippen LogP contribution in [0.3, 0.4) is 0 Å². The van der Waals surface area contributed by atoms with Crippen LogP contribution in [0.15, 0.2) is 24.3 Å². The first-order valence-electron chi connectivity index (χ1n) is 9.53. The van der Waals surface area contributed by atoms with Gasteiger partial charge in [-0.2, -0.15) is 13.2 Å². The molecule has 0 radical (unpaired) electrons. The van der Waals surface area contributed by atoms with Gasteiger partial charge in [-0.1, -0.05) is 6.07 Å². The van der Waals surface area contributed by atoms with Crippen LogP contribution in [-0.2, 0) is 9.53 Å². The summed E-state index contributed by atoms with van der Waals surface area (Å²) in [6.45, 7) is 4.63. The second kappa shape index (κ2) is 12.7. The van der Waals surface area contributed by atoms with Gasteiger partial charge in [0.2, 0.25) is 0 Å². The van der Waals surface area contributed by atoms with Gasteiger partial charge < -0.3 is 25.4 Å². The fourth-order valence-electron chi connectivity index (χ4n) is 2.67. The molecule has 0 aliphatic carbocycles. The fourth-order valence-corrected chi connectivity index (χ4v) is 2.67. The van der Waals surface area contributed by atoms with Gasteiger partial charge in [0.25, 0.3) is 5.91 Å². The van der Waals surface area contributed by atoms with Crippen LogP contribution in [-0.4, -0.2) is 73.0 Å². The van der Waals surface area contributed by atoms with Gasteiger partial charge in [-0.25, -0.2) is 14.0 Å². The van der Waals surface area contributed by atoms with Gasteiger partial charge in [-0.15, -0.1) is 0 Å². The number of nitrogens with zero attached hydrogens (tertiary/aromatic N) is 1. The third-order valence-corrected chi connectivity index (χ3v) is 4.19. The number of ether oxygens (including phenoxy) is 1. The number of aliphatic carboxylic acids is 1. The van der Waals surface area contributed by atoms with Crippen molar-refractivity contribution in [2.75, 3.05) is 32.8 Å². The standard InChI is InChI=1S/C17H24FN3O3.C2HF3O2/c1-2-24-17(23)21-10-6-15(7-11-21)19-8-9-20-16(22)13-4-3-5-14(18)12-13;3-2(4,5)1(6)7/h3-5,12,15,19H,2,6-11H2,1H3,(H,20,22);(H,6,7). The number of carbonyl (C=O) groups is 3. The van der Waals surface area contributed by atoms with E-state index in [2.05, 4.69) is 10.6 Å². The van der Waals surface area contributed by atoms with Crippen LogP contribution in [0.1, 0.15) is 30.1 Å². The molecule has 0 atom stereocenters. The molecule has 0 unspecified atom stereocenters. The molecule has 1 saturated heterocycles. The van der Waals surface area contributed by atoms with E-state index < -0.39 is 18.0 Å². The summed E-state index contributed by atoms with van der Waals surface area (Å²) in [4.78, 5) is 34.1. The van der Waals surface area contributed by atoms with Crippen molar-refractivity contribution in [3.8, 4) is 0 Å². The third-order valence-electron chi connectivity index (χ3n) is 4.19. The third kappa shape index (κ3) is 10.1. The van der Waals surface area contributed by atoms with Crippen LogP contribution >= 0.6 is 0 Å². The van der Waals surface area contributed by atoms with Crippen LogP contribution < -0.4 is 10.6 Å². The first kappa shape index (κ1) is 26.1. The van der Waals surface area contributed by atoms with Gasteiger partial charge in [0.1, 0.15) is 5.82 Å². The summed E-state index contributed by atoms with van der Waals surface area (Å²) in [5.74, 6) is -3.46. The summed E-state index contributed by atoms with van der Waals surface area (Å²) in [5, 5.41) is 13.2. The zero-order valence-corrected chi connectivity index (χ0v) is 16.9. The predicted octanol–water partition coefficient (Wildman–Crippen LogP) is 2.40. The minimum absolute atomic E-state index is 0.252. The average Bonchev–Trinajstić information content (AvgIpc) is 2.71. The quantitative estimate of drug-likeness (QED) is 0.453. The molecule has 0 saturated carbocycles. The number of amides is 2. The minimum atomic E-state index is -5.08. The summed E-state index contributed by atoms with van der Waals surface area (Å²) in [6.07, 6.45) is -3.62. The molecule has 1 aliphatic heterocycles. The molecular weight excluding hydrogens is 426 g/mol. The lowest BCUT2D eigenvalue weighted by Gasteiger charge is -2.31. The number of likely N-dealkylation sites (tertiary alicyclic amines) is 1. The number of nitrogens with one attached hydrogen (secondary N) is 2. The first-order chi connectivity index (χ1) is 14.5. The highest BCUT2D eigenvalue weighted by atomic mass is 19.4. The Morgan fingerprint density at radius 1 is 1.19 bits per heavy atom. The summed E-state index contributed by atoms with van der Waals surface area (Å²) in [7, 11) is 0. The molecule has 31 heavy (non-hydrogen) atoms. The smallest absolute Gasteiger partial charge is 0.475 e. The lowest BCUT2D eigenvalue weighted by molar-refractivity contribution is -0.192. The van der Waals surface area contributed by atoms with Crippen molar-refractivity contribution >= 4 is 18.0 Å². The Morgan fingerprint density at radius 3 is 2.32 bits per heavy atom. The predicted molar refractivity (Wildman–Crippen MR) is 102 cm³/mol. The van der Waals surface area contributed by atoms with Crippen LogP contribution in [0.4, 0.5) is 22.4 Å². The number of hydrogen-bond donors (Lipinski definition) is 3. The van der Waals surface area contributed by atoms with E-state index in [1.807, 2.05) is 0 Å². The van der Waals surface area contributed by atoms with Crippen molar-refractivity contribution in [1.29, 1.82) is 0 Å². The molecule has 8 nitrogen and oxygen atoms in total. The molecule has 1 aliphatic rings. The van der Waals surface area contributed by atoms with E-state index in [-0.39, 0.29) is 12.0 Å². The molecule has 1 aromatic rings. The van der Waals surface area contributed by atoms with Gasteiger partial charge in [0.05, 0.1) is 6.61 Å². The summed E-state index contributed by atoms with van der Waals surface area (Å²) in [5.41, 5.74) is 0.317. The van der Waals surface area contributed by atoms with Crippen LogP contribution in [0.25, 0.3) is 0 Å². The van der Waals surface area contributed by atoms with E-state index in [4.69, 9.17) is 14.6 Å². The molecule has 0 spiro atoms. The Bertz CT molecular complexity index is 737. The molecule has 1 aromatic carbocycles.